The second kappa shape index (κ2) is 5.53. The van der Waals surface area contributed by atoms with Crippen molar-refractivity contribution in [1.82, 2.24) is 9.78 Å². The summed E-state index contributed by atoms with van der Waals surface area (Å²) in [5.74, 6) is 2.97. The van der Waals surface area contributed by atoms with Gasteiger partial charge in [0.1, 0.15) is 5.82 Å². The van der Waals surface area contributed by atoms with Crippen molar-refractivity contribution in [1.29, 1.82) is 0 Å². The van der Waals surface area contributed by atoms with Crippen molar-refractivity contribution in [3.63, 3.8) is 0 Å². The van der Waals surface area contributed by atoms with E-state index in [0.717, 1.165) is 24.0 Å². The Morgan fingerprint density at radius 1 is 1.53 bits per heavy atom. The summed E-state index contributed by atoms with van der Waals surface area (Å²) in [5.41, 5.74) is 2.25. The molecule has 1 fully saturated rings. The smallest absolute Gasteiger partial charge is 0.131 e. The van der Waals surface area contributed by atoms with Gasteiger partial charge in [-0.3, -0.25) is 4.68 Å². The first-order valence-corrected chi connectivity index (χ1v) is 7.70. The first-order valence-electron chi connectivity index (χ1n) is 6.12. The summed E-state index contributed by atoms with van der Waals surface area (Å²) in [4.78, 5) is 2.45. The fourth-order valence-electron chi connectivity index (χ4n) is 2.40. The second-order valence-electron chi connectivity index (χ2n) is 4.49. The lowest BCUT2D eigenvalue weighted by molar-refractivity contribution is 0.673. The van der Waals surface area contributed by atoms with E-state index in [1.165, 1.54) is 23.6 Å². The van der Waals surface area contributed by atoms with E-state index < -0.39 is 0 Å². The Bertz CT molecular complexity index is 391. The maximum atomic E-state index is 6.05. The molecule has 0 N–H and O–H groups in total. The third-order valence-corrected chi connectivity index (χ3v) is 4.98. The molecule has 1 aromatic rings. The predicted octanol–water partition coefficient (Wildman–Crippen LogP) is 2.80. The third kappa shape index (κ3) is 2.58. The molecule has 2 rings (SSSR count). The van der Waals surface area contributed by atoms with E-state index in [0.29, 0.717) is 5.88 Å². The van der Waals surface area contributed by atoms with Crippen molar-refractivity contribution in [2.75, 3.05) is 23.7 Å². The molecule has 1 aromatic heterocycles. The average Bonchev–Trinajstić information content (AvgIpc) is 2.63. The van der Waals surface area contributed by atoms with Gasteiger partial charge < -0.3 is 4.90 Å². The van der Waals surface area contributed by atoms with E-state index in [1.54, 1.807) is 0 Å². The van der Waals surface area contributed by atoms with Crippen LogP contribution in [0.5, 0.6) is 0 Å². The van der Waals surface area contributed by atoms with Crippen LogP contribution in [0.25, 0.3) is 0 Å². The summed E-state index contributed by atoms with van der Waals surface area (Å²) in [6, 6.07) is 0. The van der Waals surface area contributed by atoms with Gasteiger partial charge in [-0.05, 0) is 13.3 Å². The average molecular weight is 274 g/mol. The number of rotatable bonds is 3. The topological polar surface area (TPSA) is 21.1 Å². The van der Waals surface area contributed by atoms with Gasteiger partial charge in [0.05, 0.1) is 11.6 Å². The Kier molecular flexibility index (Phi) is 4.26. The van der Waals surface area contributed by atoms with Gasteiger partial charge in [-0.25, -0.2) is 0 Å². The fourth-order valence-corrected chi connectivity index (χ4v) is 3.89. The zero-order chi connectivity index (χ0) is 12.4. The minimum atomic E-state index is 0.551. The minimum Gasteiger partial charge on any atom is -0.355 e. The van der Waals surface area contributed by atoms with Crippen LogP contribution in [0.2, 0.25) is 0 Å². The molecule has 1 atom stereocenters. The number of halogens is 1. The number of aromatic nitrogens is 2. The molecule has 0 amide bonds. The number of alkyl halides is 1. The third-order valence-electron chi connectivity index (χ3n) is 3.34. The first kappa shape index (κ1) is 13.1. The second-order valence-corrected chi connectivity index (χ2v) is 6.17. The minimum absolute atomic E-state index is 0.551. The van der Waals surface area contributed by atoms with Gasteiger partial charge in [0.2, 0.25) is 0 Å². The monoisotopic (exact) mass is 273 g/mol. The molecule has 0 aliphatic carbocycles. The number of aryl methyl sites for hydroxylation is 2. The van der Waals surface area contributed by atoms with Crippen molar-refractivity contribution in [2.24, 2.45) is 7.05 Å². The SMILES string of the molecule is CCC1CN(c2c(CCl)c(C)nn2C)CCS1. The van der Waals surface area contributed by atoms with Gasteiger partial charge in [-0.1, -0.05) is 6.92 Å². The molecule has 1 unspecified atom stereocenters. The van der Waals surface area contributed by atoms with Crippen LogP contribution in [0, 0.1) is 6.92 Å². The lowest BCUT2D eigenvalue weighted by atomic mass is 10.2. The lowest BCUT2D eigenvalue weighted by Crippen LogP contribution is -2.39. The summed E-state index contributed by atoms with van der Waals surface area (Å²) in [7, 11) is 2.01. The van der Waals surface area contributed by atoms with Gasteiger partial charge in [-0.15, -0.1) is 11.6 Å². The zero-order valence-corrected chi connectivity index (χ0v) is 12.3. The van der Waals surface area contributed by atoms with Crippen LogP contribution < -0.4 is 4.90 Å². The molecule has 5 heteroatoms. The van der Waals surface area contributed by atoms with Crippen LogP contribution in [0.4, 0.5) is 5.82 Å². The summed E-state index contributed by atoms with van der Waals surface area (Å²) in [6.45, 7) is 6.52. The first-order chi connectivity index (χ1) is 8.17. The number of anilines is 1. The van der Waals surface area contributed by atoms with Crippen molar-refractivity contribution >= 4 is 29.2 Å². The summed E-state index contributed by atoms with van der Waals surface area (Å²) in [6.07, 6.45) is 1.23. The van der Waals surface area contributed by atoms with Crippen molar-refractivity contribution in [2.45, 2.75) is 31.4 Å². The molecule has 3 nitrogen and oxygen atoms in total. The normalized spacial score (nSPS) is 20.9. The molecule has 0 aromatic carbocycles. The largest absolute Gasteiger partial charge is 0.355 e. The van der Waals surface area contributed by atoms with E-state index in [1.807, 2.05) is 18.7 Å². The Labute approximate surface area is 113 Å². The summed E-state index contributed by atoms with van der Waals surface area (Å²) < 4.78 is 1.98. The molecule has 17 heavy (non-hydrogen) atoms. The molecular weight excluding hydrogens is 254 g/mol. The van der Waals surface area contributed by atoms with E-state index in [2.05, 4.69) is 28.7 Å². The van der Waals surface area contributed by atoms with Gasteiger partial charge in [0.25, 0.3) is 0 Å². The molecule has 0 spiro atoms. The van der Waals surface area contributed by atoms with E-state index in [-0.39, 0.29) is 0 Å². The van der Waals surface area contributed by atoms with Crippen LogP contribution in [0.3, 0.4) is 0 Å². The Morgan fingerprint density at radius 3 is 2.94 bits per heavy atom. The highest BCUT2D eigenvalue weighted by atomic mass is 35.5. The molecule has 0 saturated carbocycles. The van der Waals surface area contributed by atoms with Crippen LogP contribution in [-0.4, -0.2) is 33.9 Å². The van der Waals surface area contributed by atoms with Crippen LogP contribution in [0.15, 0.2) is 0 Å². The maximum Gasteiger partial charge on any atom is 0.131 e. The zero-order valence-electron chi connectivity index (χ0n) is 10.7. The lowest BCUT2D eigenvalue weighted by Gasteiger charge is -2.34. The summed E-state index contributed by atoms with van der Waals surface area (Å²) in [5, 5.41) is 5.23. The van der Waals surface area contributed by atoms with E-state index in [4.69, 9.17) is 11.6 Å². The number of hydrogen-bond acceptors (Lipinski definition) is 3. The Morgan fingerprint density at radius 2 is 2.29 bits per heavy atom. The molecule has 1 aliphatic rings. The molecule has 0 bridgehead atoms. The molecular formula is C12H20ClN3S. The van der Waals surface area contributed by atoms with Gasteiger partial charge in [-0.2, -0.15) is 16.9 Å². The predicted molar refractivity (Wildman–Crippen MR) is 76.3 cm³/mol. The Hall–Kier alpha value is -0.350. The van der Waals surface area contributed by atoms with E-state index in [9.17, 15) is 0 Å². The molecule has 0 radical (unpaired) electrons. The van der Waals surface area contributed by atoms with Crippen molar-refractivity contribution < 1.29 is 0 Å². The van der Waals surface area contributed by atoms with Crippen LogP contribution >= 0.6 is 23.4 Å². The van der Waals surface area contributed by atoms with E-state index >= 15 is 0 Å². The molecule has 1 saturated heterocycles. The van der Waals surface area contributed by atoms with Crippen molar-refractivity contribution in [3.8, 4) is 0 Å². The molecule has 96 valence electrons. The van der Waals surface area contributed by atoms with Gasteiger partial charge >= 0.3 is 0 Å². The molecule has 2 heterocycles. The quantitative estimate of drug-likeness (QED) is 0.791. The Balaban J connectivity index is 2.26. The van der Waals surface area contributed by atoms with Gasteiger partial charge in [0, 0.05) is 36.7 Å². The maximum absolute atomic E-state index is 6.05. The highest BCUT2D eigenvalue weighted by Gasteiger charge is 2.24. The van der Waals surface area contributed by atoms with Crippen molar-refractivity contribution in [3.05, 3.63) is 11.3 Å². The standard InChI is InChI=1S/C12H20ClN3S/c1-4-10-8-16(5-6-17-10)12-11(7-13)9(2)14-15(12)3/h10H,4-8H2,1-3H3. The molecule has 1 aliphatic heterocycles. The van der Waals surface area contributed by atoms with Crippen LogP contribution in [-0.2, 0) is 12.9 Å². The van der Waals surface area contributed by atoms with Gasteiger partial charge in [0.15, 0.2) is 0 Å². The fraction of sp³-hybridized carbons (Fsp3) is 0.750. The highest BCUT2D eigenvalue weighted by molar-refractivity contribution is 8.00. The van der Waals surface area contributed by atoms with Crippen LogP contribution in [0.1, 0.15) is 24.6 Å². The number of thioether (sulfide) groups is 1. The highest BCUT2D eigenvalue weighted by Crippen LogP contribution is 2.30. The number of nitrogens with zero attached hydrogens (tertiary/aromatic N) is 3. The number of hydrogen-bond donors (Lipinski definition) is 0. The summed E-state index contributed by atoms with van der Waals surface area (Å²) >= 11 is 8.14.